The number of nitrogens with zero attached hydrogens (tertiary/aromatic N) is 2. The second-order valence-electron chi connectivity index (χ2n) is 7.18. The predicted molar refractivity (Wildman–Crippen MR) is 110 cm³/mol. The molecule has 2 aromatic carbocycles. The Bertz CT molecular complexity index is 933. The molecule has 0 radical (unpaired) electrons. The van der Waals surface area contributed by atoms with Gasteiger partial charge < -0.3 is 4.74 Å². The second kappa shape index (κ2) is 7.79. The molecule has 4 nitrogen and oxygen atoms in total. The van der Waals surface area contributed by atoms with Crippen LogP contribution < -0.4 is 4.74 Å². The molecule has 0 amide bonds. The molecule has 1 fully saturated rings. The van der Waals surface area contributed by atoms with Crippen LogP contribution in [0.5, 0.6) is 5.75 Å². The highest BCUT2D eigenvalue weighted by molar-refractivity contribution is 7.18. The Morgan fingerprint density at radius 2 is 2.15 bits per heavy atom. The molecule has 0 unspecified atom stereocenters. The van der Waals surface area contributed by atoms with Crippen LogP contribution in [0.3, 0.4) is 0 Å². The molecule has 0 aliphatic carbocycles. The van der Waals surface area contributed by atoms with Crippen molar-refractivity contribution in [2.45, 2.75) is 32.2 Å². The van der Waals surface area contributed by atoms with Crippen molar-refractivity contribution in [3.8, 4) is 5.75 Å². The first-order chi connectivity index (χ1) is 13.1. The molecular weight excluding hydrogens is 356 g/mol. The zero-order valence-electron chi connectivity index (χ0n) is 15.8. The average Bonchev–Trinajstić information content (AvgIpc) is 3.12. The Labute approximate surface area is 163 Å². The van der Waals surface area contributed by atoms with Crippen LogP contribution in [0.4, 0.5) is 0 Å². The fourth-order valence-corrected chi connectivity index (χ4v) is 4.92. The monoisotopic (exact) mass is 380 g/mol. The van der Waals surface area contributed by atoms with Crippen molar-refractivity contribution < 1.29 is 9.53 Å². The van der Waals surface area contributed by atoms with Gasteiger partial charge in [-0.05, 0) is 56.6 Å². The number of fused-ring (bicyclic) bond motifs is 1. The Morgan fingerprint density at radius 1 is 1.30 bits per heavy atom. The summed E-state index contributed by atoms with van der Waals surface area (Å²) in [6.45, 7) is 4.46. The molecule has 1 atom stereocenters. The van der Waals surface area contributed by atoms with Crippen LogP contribution in [0.25, 0.3) is 10.2 Å². The van der Waals surface area contributed by atoms with Crippen molar-refractivity contribution in [1.82, 2.24) is 9.88 Å². The number of aromatic nitrogens is 1. The van der Waals surface area contributed by atoms with E-state index >= 15 is 0 Å². The van der Waals surface area contributed by atoms with Gasteiger partial charge in [-0.1, -0.05) is 12.1 Å². The number of rotatable bonds is 5. The van der Waals surface area contributed by atoms with Gasteiger partial charge in [0.2, 0.25) is 0 Å². The SMILES string of the molecule is COc1ccc(C(C)=O)cc1CN1CCC[C@@H](c2nc3ccccc3s2)C1. The van der Waals surface area contributed by atoms with Crippen LogP contribution in [-0.4, -0.2) is 35.9 Å². The summed E-state index contributed by atoms with van der Waals surface area (Å²) >= 11 is 1.82. The summed E-state index contributed by atoms with van der Waals surface area (Å²) in [5.74, 6) is 1.41. The molecule has 140 valence electrons. The number of ketones is 1. The number of likely N-dealkylation sites (tertiary alicyclic amines) is 1. The largest absolute Gasteiger partial charge is 0.496 e. The molecule has 1 aliphatic rings. The number of thiazole rings is 1. The van der Waals surface area contributed by atoms with Crippen molar-refractivity contribution in [1.29, 1.82) is 0 Å². The molecule has 1 aromatic heterocycles. The van der Waals surface area contributed by atoms with Gasteiger partial charge in [0.15, 0.2) is 5.78 Å². The molecule has 3 aromatic rings. The van der Waals surface area contributed by atoms with Crippen molar-refractivity contribution in [2.24, 2.45) is 0 Å². The smallest absolute Gasteiger partial charge is 0.159 e. The number of hydrogen-bond donors (Lipinski definition) is 0. The van der Waals surface area contributed by atoms with Gasteiger partial charge in [0.1, 0.15) is 5.75 Å². The number of ether oxygens (including phenoxy) is 1. The first kappa shape index (κ1) is 18.1. The molecule has 0 N–H and O–H groups in total. The maximum Gasteiger partial charge on any atom is 0.159 e. The van der Waals surface area contributed by atoms with E-state index in [1.807, 2.05) is 35.6 Å². The molecule has 1 aliphatic heterocycles. The molecule has 1 saturated heterocycles. The topological polar surface area (TPSA) is 42.4 Å². The molecular formula is C22H24N2O2S. The van der Waals surface area contributed by atoms with Gasteiger partial charge >= 0.3 is 0 Å². The fourth-order valence-electron chi connectivity index (χ4n) is 3.83. The number of benzene rings is 2. The summed E-state index contributed by atoms with van der Waals surface area (Å²) in [6.07, 6.45) is 2.34. The van der Waals surface area contributed by atoms with Gasteiger partial charge in [-0.3, -0.25) is 9.69 Å². The van der Waals surface area contributed by atoms with E-state index in [2.05, 4.69) is 23.1 Å². The van der Waals surface area contributed by atoms with Gasteiger partial charge in [0, 0.05) is 30.1 Å². The van der Waals surface area contributed by atoms with Crippen LogP contribution >= 0.6 is 11.3 Å². The van der Waals surface area contributed by atoms with Gasteiger partial charge in [-0.25, -0.2) is 4.98 Å². The fraction of sp³-hybridized carbons (Fsp3) is 0.364. The van der Waals surface area contributed by atoms with E-state index in [4.69, 9.17) is 9.72 Å². The minimum atomic E-state index is 0.0879. The summed E-state index contributed by atoms with van der Waals surface area (Å²) in [4.78, 5) is 19.1. The van der Waals surface area contributed by atoms with E-state index in [1.165, 1.54) is 16.1 Å². The highest BCUT2D eigenvalue weighted by Gasteiger charge is 2.25. The van der Waals surface area contributed by atoms with Gasteiger partial charge in [-0.2, -0.15) is 0 Å². The highest BCUT2D eigenvalue weighted by Crippen LogP contribution is 2.34. The first-order valence-corrected chi connectivity index (χ1v) is 10.2. The maximum absolute atomic E-state index is 11.8. The Morgan fingerprint density at radius 3 is 2.93 bits per heavy atom. The van der Waals surface area contributed by atoms with E-state index in [9.17, 15) is 4.79 Å². The van der Waals surface area contributed by atoms with Crippen LogP contribution in [-0.2, 0) is 6.54 Å². The summed E-state index contributed by atoms with van der Waals surface area (Å²) < 4.78 is 6.79. The minimum absolute atomic E-state index is 0.0879. The lowest BCUT2D eigenvalue weighted by molar-refractivity contribution is 0.101. The lowest BCUT2D eigenvalue weighted by atomic mass is 9.97. The van der Waals surface area contributed by atoms with Gasteiger partial charge in [-0.15, -0.1) is 11.3 Å². The quantitative estimate of drug-likeness (QED) is 0.591. The zero-order valence-corrected chi connectivity index (χ0v) is 16.6. The third-order valence-corrected chi connectivity index (χ3v) is 6.44. The summed E-state index contributed by atoms with van der Waals surface area (Å²) in [5, 5.41) is 1.24. The van der Waals surface area contributed by atoms with Crippen molar-refractivity contribution in [3.63, 3.8) is 0 Å². The van der Waals surface area contributed by atoms with E-state index in [0.717, 1.165) is 48.4 Å². The summed E-state index contributed by atoms with van der Waals surface area (Å²) in [5.41, 5.74) is 2.92. The first-order valence-electron chi connectivity index (χ1n) is 9.39. The summed E-state index contributed by atoms with van der Waals surface area (Å²) in [6, 6.07) is 14.1. The Balaban J connectivity index is 1.53. The number of Topliss-reactive ketones (excluding diaryl/α,β-unsaturated/α-hetero) is 1. The van der Waals surface area contributed by atoms with Crippen molar-refractivity contribution in [3.05, 3.63) is 58.6 Å². The number of para-hydroxylation sites is 1. The Hall–Kier alpha value is -2.24. The third kappa shape index (κ3) is 3.89. The standard InChI is InChI=1S/C22H24N2O2S/c1-15(25)16-9-10-20(26-2)18(12-16)14-24-11-5-6-17(13-24)22-23-19-7-3-4-8-21(19)27-22/h3-4,7-10,12,17H,5-6,11,13-14H2,1-2H3/t17-/m1/s1. The van der Waals surface area contributed by atoms with E-state index in [1.54, 1.807) is 14.0 Å². The predicted octanol–water partition coefficient (Wildman–Crippen LogP) is 4.89. The molecule has 2 heterocycles. The van der Waals surface area contributed by atoms with Crippen LogP contribution in [0, 0.1) is 0 Å². The average molecular weight is 381 g/mol. The molecule has 0 spiro atoms. The van der Waals surface area contributed by atoms with E-state index in [-0.39, 0.29) is 5.78 Å². The van der Waals surface area contributed by atoms with Crippen LogP contribution in [0.2, 0.25) is 0 Å². The van der Waals surface area contributed by atoms with Crippen LogP contribution in [0.15, 0.2) is 42.5 Å². The minimum Gasteiger partial charge on any atom is -0.496 e. The Kier molecular flexibility index (Phi) is 5.23. The van der Waals surface area contributed by atoms with Crippen LogP contribution in [0.1, 0.15) is 46.6 Å². The van der Waals surface area contributed by atoms with Gasteiger partial charge in [0.25, 0.3) is 0 Å². The van der Waals surface area contributed by atoms with E-state index < -0.39 is 0 Å². The second-order valence-corrected chi connectivity index (χ2v) is 8.24. The number of hydrogen-bond acceptors (Lipinski definition) is 5. The normalized spacial score (nSPS) is 17.9. The van der Waals surface area contributed by atoms with Gasteiger partial charge in [0.05, 0.1) is 22.3 Å². The lowest BCUT2D eigenvalue weighted by Gasteiger charge is -2.32. The molecule has 4 rings (SSSR count). The highest BCUT2D eigenvalue weighted by atomic mass is 32.1. The third-order valence-electron chi connectivity index (χ3n) is 5.25. The van der Waals surface area contributed by atoms with E-state index in [0.29, 0.717) is 5.92 Å². The molecule has 27 heavy (non-hydrogen) atoms. The molecule has 5 heteroatoms. The lowest BCUT2D eigenvalue weighted by Crippen LogP contribution is -2.34. The molecule has 0 bridgehead atoms. The number of methoxy groups -OCH3 is 1. The van der Waals surface area contributed by atoms with Crippen molar-refractivity contribution >= 4 is 27.3 Å². The maximum atomic E-state index is 11.8. The zero-order chi connectivity index (χ0) is 18.8. The summed E-state index contributed by atoms with van der Waals surface area (Å²) in [7, 11) is 1.69. The number of carbonyl (C=O) groups is 1. The number of carbonyl (C=O) groups excluding carboxylic acids is 1. The molecule has 0 saturated carbocycles. The number of piperidine rings is 1. The van der Waals surface area contributed by atoms with Crippen molar-refractivity contribution in [2.75, 3.05) is 20.2 Å².